The first-order chi connectivity index (χ1) is 8.62. The normalized spacial score (nSPS) is 14.7. The Morgan fingerprint density at radius 3 is 3.00 bits per heavy atom. The molecule has 0 bridgehead atoms. The van der Waals surface area contributed by atoms with E-state index >= 15 is 0 Å². The van der Waals surface area contributed by atoms with Crippen molar-refractivity contribution < 1.29 is 8.42 Å². The Bertz CT molecular complexity index is 512. The lowest BCUT2D eigenvalue weighted by molar-refractivity contribution is 0.597. The highest BCUT2D eigenvalue weighted by Crippen LogP contribution is 2.29. The summed E-state index contributed by atoms with van der Waals surface area (Å²) in [6, 6.07) is 5.72. The fourth-order valence-electron chi connectivity index (χ4n) is 2.16. The van der Waals surface area contributed by atoms with Crippen LogP contribution in [0.1, 0.15) is 31.7 Å². The maximum atomic E-state index is 11.9. The second-order valence-corrected chi connectivity index (χ2v) is 6.48. The van der Waals surface area contributed by atoms with E-state index < -0.39 is 10.0 Å². The molecule has 0 radical (unpaired) electrons. The Morgan fingerprint density at radius 1 is 1.39 bits per heavy atom. The zero-order chi connectivity index (χ0) is 13.0. The van der Waals surface area contributed by atoms with E-state index in [2.05, 4.69) is 10.0 Å². The number of fused-ring (bicyclic) bond motifs is 1. The Balaban J connectivity index is 2.19. The Kier molecular flexibility index (Phi) is 4.11. The maximum absolute atomic E-state index is 11.9. The largest absolute Gasteiger partial charge is 0.385 e. The second-order valence-electron chi connectivity index (χ2n) is 4.64. The first-order valence-electron chi connectivity index (χ1n) is 6.48. The summed E-state index contributed by atoms with van der Waals surface area (Å²) in [5.41, 5.74) is 2.87. The molecule has 0 fully saturated rings. The minimum atomic E-state index is -3.21. The van der Waals surface area contributed by atoms with E-state index in [0.717, 1.165) is 42.7 Å². The minimum Gasteiger partial charge on any atom is -0.385 e. The molecule has 0 spiro atoms. The van der Waals surface area contributed by atoms with E-state index in [0.29, 0.717) is 6.42 Å². The number of benzene rings is 1. The molecule has 1 aromatic rings. The van der Waals surface area contributed by atoms with E-state index in [4.69, 9.17) is 0 Å². The monoisotopic (exact) mass is 268 g/mol. The third kappa shape index (κ3) is 3.16. The minimum absolute atomic E-state index is 0.195. The lowest BCUT2D eigenvalue weighted by atomic mass is 10.0. The van der Waals surface area contributed by atoms with Crippen LogP contribution in [-0.2, 0) is 16.4 Å². The van der Waals surface area contributed by atoms with Crippen molar-refractivity contribution >= 4 is 21.4 Å². The predicted molar refractivity (Wildman–Crippen MR) is 75.6 cm³/mol. The number of anilines is 2. The SMILES string of the molecule is CCCCS(=O)(=O)Nc1cccc2c1CCCN2. The molecule has 1 aliphatic rings. The number of hydrogen-bond donors (Lipinski definition) is 2. The summed E-state index contributed by atoms with van der Waals surface area (Å²) < 4.78 is 26.5. The van der Waals surface area contributed by atoms with Crippen molar-refractivity contribution in [3.05, 3.63) is 23.8 Å². The van der Waals surface area contributed by atoms with Gasteiger partial charge in [-0.15, -0.1) is 0 Å². The molecule has 1 heterocycles. The second kappa shape index (κ2) is 5.61. The van der Waals surface area contributed by atoms with Gasteiger partial charge in [0.05, 0.1) is 11.4 Å². The van der Waals surface area contributed by atoms with Gasteiger partial charge < -0.3 is 5.32 Å². The van der Waals surface area contributed by atoms with Crippen molar-refractivity contribution in [3.63, 3.8) is 0 Å². The van der Waals surface area contributed by atoms with Crippen LogP contribution in [0, 0.1) is 0 Å². The number of nitrogens with one attached hydrogen (secondary N) is 2. The number of hydrogen-bond acceptors (Lipinski definition) is 3. The number of unbranched alkanes of at least 4 members (excludes halogenated alkanes) is 1. The molecule has 1 aromatic carbocycles. The third-order valence-electron chi connectivity index (χ3n) is 3.13. The van der Waals surface area contributed by atoms with Crippen molar-refractivity contribution in [2.45, 2.75) is 32.6 Å². The fourth-order valence-corrected chi connectivity index (χ4v) is 3.46. The van der Waals surface area contributed by atoms with Crippen LogP contribution in [-0.4, -0.2) is 20.7 Å². The maximum Gasteiger partial charge on any atom is 0.232 e. The highest BCUT2D eigenvalue weighted by molar-refractivity contribution is 7.92. The van der Waals surface area contributed by atoms with Crippen LogP contribution < -0.4 is 10.0 Å². The van der Waals surface area contributed by atoms with E-state index in [-0.39, 0.29) is 5.75 Å². The summed E-state index contributed by atoms with van der Waals surface area (Å²) in [5, 5.41) is 3.30. The van der Waals surface area contributed by atoms with E-state index in [1.54, 1.807) is 0 Å². The standard InChI is InChI=1S/C13H20N2O2S/c1-2-3-10-18(16,17)15-13-8-4-7-12-11(13)6-5-9-14-12/h4,7-8,14-15H,2-3,5-6,9-10H2,1H3. The molecule has 2 N–H and O–H groups in total. The average Bonchev–Trinajstić information content (AvgIpc) is 2.37. The molecule has 4 nitrogen and oxygen atoms in total. The number of rotatable bonds is 5. The summed E-state index contributed by atoms with van der Waals surface area (Å²) in [6.07, 6.45) is 3.55. The molecule has 0 atom stereocenters. The molecule has 0 aromatic heterocycles. The zero-order valence-corrected chi connectivity index (χ0v) is 11.5. The van der Waals surface area contributed by atoms with Gasteiger partial charge in [-0.1, -0.05) is 19.4 Å². The number of sulfonamides is 1. The van der Waals surface area contributed by atoms with Crippen molar-refractivity contribution in [3.8, 4) is 0 Å². The summed E-state index contributed by atoms with van der Waals surface area (Å²) in [7, 11) is -3.21. The van der Waals surface area contributed by atoms with Gasteiger partial charge in [-0.05, 0) is 37.0 Å². The highest BCUT2D eigenvalue weighted by atomic mass is 32.2. The molecule has 0 amide bonds. The van der Waals surface area contributed by atoms with Gasteiger partial charge in [0.25, 0.3) is 0 Å². The van der Waals surface area contributed by atoms with Gasteiger partial charge in [-0.2, -0.15) is 0 Å². The van der Waals surface area contributed by atoms with Gasteiger partial charge in [0, 0.05) is 12.2 Å². The summed E-state index contributed by atoms with van der Waals surface area (Å²) in [4.78, 5) is 0. The lowest BCUT2D eigenvalue weighted by Crippen LogP contribution is -2.20. The van der Waals surface area contributed by atoms with Gasteiger partial charge in [0.1, 0.15) is 0 Å². The third-order valence-corrected chi connectivity index (χ3v) is 4.48. The van der Waals surface area contributed by atoms with E-state index in [1.165, 1.54) is 0 Å². The lowest BCUT2D eigenvalue weighted by Gasteiger charge is -2.21. The molecule has 0 unspecified atom stereocenters. The predicted octanol–water partition coefficient (Wildman–Crippen LogP) is 2.59. The van der Waals surface area contributed by atoms with Crippen molar-refractivity contribution in [1.82, 2.24) is 0 Å². The molecule has 0 saturated carbocycles. The first kappa shape index (κ1) is 13.2. The summed E-state index contributed by atoms with van der Waals surface area (Å²) in [6.45, 7) is 2.95. The average molecular weight is 268 g/mol. The molecule has 100 valence electrons. The molecule has 18 heavy (non-hydrogen) atoms. The van der Waals surface area contributed by atoms with Gasteiger partial charge in [0.2, 0.25) is 10.0 Å². The van der Waals surface area contributed by atoms with Crippen molar-refractivity contribution in [2.75, 3.05) is 22.3 Å². The van der Waals surface area contributed by atoms with Crippen LogP contribution in [0.3, 0.4) is 0 Å². The van der Waals surface area contributed by atoms with Gasteiger partial charge in [-0.3, -0.25) is 4.72 Å². The first-order valence-corrected chi connectivity index (χ1v) is 8.14. The molecule has 1 aliphatic heterocycles. The van der Waals surface area contributed by atoms with Crippen molar-refractivity contribution in [2.24, 2.45) is 0 Å². The van der Waals surface area contributed by atoms with Crippen LogP contribution in [0.2, 0.25) is 0 Å². The fraction of sp³-hybridized carbons (Fsp3) is 0.538. The van der Waals surface area contributed by atoms with Gasteiger partial charge in [-0.25, -0.2) is 8.42 Å². The molecule has 2 rings (SSSR count). The van der Waals surface area contributed by atoms with Gasteiger partial charge in [0.15, 0.2) is 0 Å². The van der Waals surface area contributed by atoms with E-state index in [1.807, 2.05) is 25.1 Å². The van der Waals surface area contributed by atoms with Crippen LogP contribution in [0.5, 0.6) is 0 Å². The molecule has 0 aliphatic carbocycles. The van der Waals surface area contributed by atoms with Crippen molar-refractivity contribution in [1.29, 1.82) is 0 Å². The van der Waals surface area contributed by atoms with E-state index in [9.17, 15) is 8.42 Å². The highest BCUT2D eigenvalue weighted by Gasteiger charge is 2.16. The molecule has 0 saturated heterocycles. The van der Waals surface area contributed by atoms with Crippen LogP contribution in [0.25, 0.3) is 0 Å². The smallest absolute Gasteiger partial charge is 0.232 e. The van der Waals surface area contributed by atoms with Gasteiger partial charge >= 0.3 is 0 Å². The topological polar surface area (TPSA) is 58.2 Å². The molecule has 5 heteroatoms. The van der Waals surface area contributed by atoms with Crippen LogP contribution in [0.15, 0.2) is 18.2 Å². The quantitative estimate of drug-likeness (QED) is 0.863. The Morgan fingerprint density at radius 2 is 2.22 bits per heavy atom. The van der Waals surface area contributed by atoms with Crippen LogP contribution >= 0.6 is 0 Å². The van der Waals surface area contributed by atoms with Crippen LogP contribution in [0.4, 0.5) is 11.4 Å². The summed E-state index contributed by atoms with van der Waals surface area (Å²) in [5.74, 6) is 0.195. The molecular formula is C13H20N2O2S. The Hall–Kier alpha value is -1.23. The molecular weight excluding hydrogens is 248 g/mol. The Labute approximate surface area is 109 Å². The summed E-state index contributed by atoms with van der Waals surface area (Å²) >= 11 is 0. The zero-order valence-electron chi connectivity index (χ0n) is 10.7.